The molecule has 2 N–H and O–H groups in total. The fraction of sp³-hybridized carbons (Fsp3) is 0.500. The summed E-state index contributed by atoms with van der Waals surface area (Å²) in [7, 11) is 4.18. The normalized spacial score (nSPS) is 11.8. The van der Waals surface area contributed by atoms with Crippen LogP contribution in [0, 0.1) is 13.8 Å². The molecule has 142 valence electrons. The van der Waals surface area contributed by atoms with E-state index < -0.39 is 0 Å². The number of rotatable bonds is 8. The summed E-state index contributed by atoms with van der Waals surface area (Å²) in [6.07, 6.45) is 0.918. The second-order valence-corrected chi connectivity index (χ2v) is 7.92. The molecule has 0 saturated carbocycles. The summed E-state index contributed by atoms with van der Waals surface area (Å²) in [6.45, 7) is 9.57. The van der Waals surface area contributed by atoms with E-state index in [2.05, 4.69) is 79.6 Å². The van der Waals surface area contributed by atoms with Crippen molar-refractivity contribution in [2.45, 2.75) is 40.3 Å². The summed E-state index contributed by atoms with van der Waals surface area (Å²) in [5, 5.41) is 7.93. The molecular formula is C20H31N5S. The topological polar surface area (TPSA) is 52.6 Å². The highest BCUT2D eigenvalue weighted by Crippen LogP contribution is 2.16. The van der Waals surface area contributed by atoms with E-state index in [-0.39, 0.29) is 0 Å². The van der Waals surface area contributed by atoms with Gasteiger partial charge in [-0.15, -0.1) is 11.3 Å². The summed E-state index contributed by atoms with van der Waals surface area (Å²) < 4.78 is 0. The Hall–Kier alpha value is -1.92. The molecule has 0 aliphatic carbocycles. The van der Waals surface area contributed by atoms with Crippen molar-refractivity contribution in [3.8, 4) is 0 Å². The highest BCUT2D eigenvalue weighted by Gasteiger charge is 2.06. The zero-order valence-electron chi connectivity index (χ0n) is 16.6. The van der Waals surface area contributed by atoms with E-state index in [1.165, 1.54) is 21.0 Å². The Morgan fingerprint density at radius 1 is 1.15 bits per heavy atom. The lowest BCUT2D eigenvalue weighted by Gasteiger charge is -2.14. The van der Waals surface area contributed by atoms with Crippen LogP contribution in [0.5, 0.6) is 0 Å². The van der Waals surface area contributed by atoms with Crippen LogP contribution in [-0.2, 0) is 19.5 Å². The van der Waals surface area contributed by atoms with Gasteiger partial charge in [0.2, 0.25) is 0 Å². The van der Waals surface area contributed by atoms with Crippen LogP contribution < -0.4 is 10.6 Å². The van der Waals surface area contributed by atoms with Crippen LogP contribution in [-0.4, -0.2) is 43.0 Å². The highest BCUT2D eigenvalue weighted by molar-refractivity contribution is 7.11. The molecule has 0 amide bonds. The second kappa shape index (κ2) is 10.3. The Kier molecular flexibility index (Phi) is 8.06. The molecule has 0 unspecified atom stereocenters. The summed E-state index contributed by atoms with van der Waals surface area (Å²) in [6, 6.07) is 8.51. The average molecular weight is 374 g/mol. The van der Waals surface area contributed by atoms with Gasteiger partial charge >= 0.3 is 0 Å². The minimum absolute atomic E-state index is 0.675. The first-order chi connectivity index (χ1) is 12.5. The van der Waals surface area contributed by atoms with Crippen LogP contribution in [0.4, 0.5) is 0 Å². The van der Waals surface area contributed by atoms with Crippen molar-refractivity contribution in [1.82, 2.24) is 20.5 Å². The van der Waals surface area contributed by atoms with Gasteiger partial charge < -0.3 is 15.5 Å². The van der Waals surface area contributed by atoms with Gasteiger partial charge in [-0.25, -0.2) is 9.98 Å². The average Bonchev–Trinajstić information content (AvgIpc) is 2.91. The molecular weight excluding hydrogens is 342 g/mol. The first kappa shape index (κ1) is 20.4. The Labute approximate surface area is 161 Å². The predicted octanol–water partition coefficient (Wildman–Crippen LogP) is 3.12. The van der Waals surface area contributed by atoms with Gasteiger partial charge in [-0.3, -0.25) is 0 Å². The summed E-state index contributed by atoms with van der Waals surface area (Å²) in [4.78, 5) is 12.9. The van der Waals surface area contributed by atoms with Crippen molar-refractivity contribution in [2.24, 2.45) is 4.99 Å². The number of aliphatic imine (C=N–C) groups is 1. The van der Waals surface area contributed by atoms with Crippen LogP contribution in [0.2, 0.25) is 0 Å². The van der Waals surface area contributed by atoms with Gasteiger partial charge in [0.25, 0.3) is 0 Å². The number of hydrogen-bond donors (Lipinski definition) is 2. The maximum Gasteiger partial charge on any atom is 0.191 e. The van der Waals surface area contributed by atoms with Crippen LogP contribution in [0.1, 0.15) is 33.6 Å². The largest absolute Gasteiger partial charge is 0.357 e. The van der Waals surface area contributed by atoms with Crippen molar-refractivity contribution in [1.29, 1.82) is 0 Å². The Morgan fingerprint density at radius 3 is 2.50 bits per heavy atom. The quantitative estimate of drug-likeness (QED) is 0.551. The van der Waals surface area contributed by atoms with Crippen LogP contribution in [0.15, 0.2) is 29.3 Å². The maximum atomic E-state index is 4.76. The number of hydrogen-bond acceptors (Lipinski definition) is 4. The summed E-state index contributed by atoms with van der Waals surface area (Å²) >= 11 is 1.78. The molecule has 0 atom stereocenters. The molecule has 26 heavy (non-hydrogen) atoms. The number of guanidine groups is 1. The van der Waals surface area contributed by atoms with Gasteiger partial charge in [-0.05, 0) is 46.0 Å². The predicted molar refractivity (Wildman–Crippen MR) is 112 cm³/mol. The van der Waals surface area contributed by atoms with Crippen molar-refractivity contribution in [3.05, 3.63) is 51.0 Å². The number of thiazole rings is 1. The third-order valence-electron chi connectivity index (χ3n) is 4.06. The third kappa shape index (κ3) is 6.42. The lowest BCUT2D eigenvalue weighted by atomic mass is 10.1. The lowest BCUT2D eigenvalue weighted by molar-refractivity contribution is 0.401. The fourth-order valence-corrected chi connectivity index (χ4v) is 3.58. The van der Waals surface area contributed by atoms with Crippen molar-refractivity contribution >= 4 is 17.3 Å². The molecule has 0 radical (unpaired) electrons. The van der Waals surface area contributed by atoms with Crippen molar-refractivity contribution in [2.75, 3.05) is 27.2 Å². The monoisotopic (exact) mass is 373 g/mol. The molecule has 6 heteroatoms. The second-order valence-electron chi connectivity index (χ2n) is 6.63. The zero-order chi connectivity index (χ0) is 18.9. The molecule has 5 nitrogen and oxygen atoms in total. The van der Waals surface area contributed by atoms with E-state index in [0.29, 0.717) is 6.54 Å². The van der Waals surface area contributed by atoms with Gasteiger partial charge in [0, 0.05) is 30.9 Å². The maximum absolute atomic E-state index is 4.76. The number of aryl methyl sites for hydroxylation is 2. The van der Waals surface area contributed by atoms with Gasteiger partial charge in [0.1, 0.15) is 0 Å². The van der Waals surface area contributed by atoms with Crippen LogP contribution in [0.3, 0.4) is 0 Å². The molecule has 0 bridgehead atoms. The van der Waals surface area contributed by atoms with E-state index in [4.69, 9.17) is 4.99 Å². The number of benzene rings is 1. The Morgan fingerprint density at radius 2 is 1.88 bits per heavy atom. The molecule has 1 aromatic heterocycles. The smallest absolute Gasteiger partial charge is 0.191 e. The SMILES string of the molecule is CCNC(=NCc1ccccc1CN(C)C)NCCc1nc(C)c(C)s1. The van der Waals surface area contributed by atoms with E-state index >= 15 is 0 Å². The molecule has 2 rings (SSSR count). The van der Waals surface area contributed by atoms with Crippen LogP contribution >= 0.6 is 11.3 Å². The number of nitrogens with one attached hydrogen (secondary N) is 2. The van der Waals surface area contributed by atoms with E-state index in [9.17, 15) is 0 Å². The first-order valence-corrected chi connectivity index (χ1v) is 9.97. The lowest BCUT2D eigenvalue weighted by Crippen LogP contribution is -2.38. The van der Waals surface area contributed by atoms with Gasteiger partial charge in [-0.2, -0.15) is 0 Å². The van der Waals surface area contributed by atoms with Crippen molar-refractivity contribution < 1.29 is 0 Å². The number of nitrogens with zero attached hydrogens (tertiary/aromatic N) is 3. The van der Waals surface area contributed by atoms with Gasteiger partial charge in [-0.1, -0.05) is 24.3 Å². The summed E-state index contributed by atoms with van der Waals surface area (Å²) in [5.41, 5.74) is 3.73. The molecule has 1 heterocycles. The minimum Gasteiger partial charge on any atom is -0.357 e. The third-order valence-corrected chi connectivity index (χ3v) is 5.19. The molecule has 1 aromatic carbocycles. The Balaban J connectivity index is 1.96. The first-order valence-electron chi connectivity index (χ1n) is 9.16. The Bertz CT molecular complexity index is 701. The minimum atomic E-state index is 0.675. The summed E-state index contributed by atoms with van der Waals surface area (Å²) in [5.74, 6) is 0.858. The highest BCUT2D eigenvalue weighted by atomic mass is 32.1. The molecule has 0 aliphatic heterocycles. The van der Waals surface area contributed by atoms with E-state index in [1.54, 1.807) is 11.3 Å². The van der Waals surface area contributed by atoms with E-state index in [0.717, 1.165) is 37.7 Å². The van der Waals surface area contributed by atoms with Gasteiger partial charge in [0.05, 0.1) is 17.2 Å². The molecule has 0 saturated heterocycles. The fourth-order valence-electron chi connectivity index (χ4n) is 2.65. The molecule has 0 aliphatic rings. The van der Waals surface area contributed by atoms with E-state index in [1.807, 2.05) is 0 Å². The zero-order valence-corrected chi connectivity index (χ0v) is 17.4. The standard InChI is InChI=1S/C20H31N5S/c1-6-21-20(22-12-11-19-24-15(2)16(3)26-19)23-13-17-9-7-8-10-18(17)14-25(4)5/h7-10H,6,11-14H2,1-5H3,(H2,21,22,23). The molecule has 0 spiro atoms. The van der Waals surface area contributed by atoms with Crippen LogP contribution in [0.25, 0.3) is 0 Å². The molecule has 0 fully saturated rings. The van der Waals surface area contributed by atoms with Crippen molar-refractivity contribution in [3.63, 3.8) is 0 Å². The number of aromatic nitrogens is 1. The van der Waals surface area contributed by atoms with Gasteiger partial charge in [0.15, 0.2) is 5.96 Å². The molecule has 2 aromatic rings.